The second kappa shape index (κ2) is 8.64. The number of carbonyl (C=O) groups is 2. The number of hydrogen-bond donors (Lipinski definition) is 3. The molecule has 0 aliphatic carbocycles. The van der Waals surface area contributed by atoms with Crippen LogP contribution in [-0.2, 0) is 9.59 Å². The summed E-state index contributed by atoms with van der Waals surface area (Å²) in [6, 6.07) is 7.08. The molecule has 0 spiro atoms. The Hall–Kier alpha value is -1.59. The molecule has 5 nitrogen and oxygen atoms in total. The van der Waals surface area contributed by atoms with Crippen LogP contribution in [0, 0.1) is 0 Å². The van der Waals surface area contributed by atoms with Gasteiger partial charge in [0.15, 0.2) is 0 Å². The molecule has 1 heterocycles. The third-order valence-electron chi connectivity index (χ3n) is 3.38. The van der Waals surface area contributed by atoms with Crippen molar-refractivity contribution < 1.29 is 9.59 Å². The number of nitrogens with one attached hydrogen (secondary N) is 3. The van der Waals surface area contributed by atoms with Gasteiger partial charge in [-0.15, -0.1) is 12.4 Å². The number of carbonyl (C=O) groups excluding carboxylic acids is 2. The molecule has 21 heavy (non-hydrogen) atoms. The van der Waals surface area contributed by atoms with Crippen molar-refractivity contribution in [2.45, 2.75) is 38.6 Å². The van der Waals surface area contributed by atoms with Crippen LogP contribution in [-0.4, -0.2) is 24.4 Å². The van der Waals surface area contributed by atoms with Gasteiger partial charge in [0.25, 0.3) is 0 Å². The van der Waals surface area contributed by atoms with Crippen molar-refractivity contribution >= 4 is 35.6 Å². The maximum atomic E-state index is 12.0. The lowest BCUT2D eigenvalue weighted by atomic mass is 10.0. The molecule has 0 saturated carbocycles. The summed E-state index contributed by atoms with van der Waals surface area (Å²) in [7, 11) is 0. The molecular formula is C15H22ClN3O2. The largest absolute Gasteiger partial charge is 0.326 e. The van der Waals surface area contributed by atoms with Gasteiger partial charge in [-0.2, -0.15) is 0 Å². The highest BCUT2D eigenvalue weighted by molar-refractivity contribution is 5.95. The number of benzene rings is 1. The van der Waals surface area contributed by atoms with Crippen LogP contribution in [0.5, 0.6) is 0 Å². The number of hydrogen-bond acceptors (Lipinski definition) is 3. The van der Waals surface area contributed by atoms with Gasteiger partial charge in [0.05, 0.1) is 6.04 Å². The predicted molar refractivity (Wildman–Crippen MR) is 86.9 cm³/mol. The summed E-state index contributed by atoms with van der Waals surface area (Å²) in [5, 5.41) is 8.88. The first-order valence-electron chi connectivity index (χ1n) is 7.13. The predicted octanol–water partition coefficient (Wildman–Crippen LogP) is 2.54. The highest BCUT2D eigenvalue weighted by atomic mass is 35.5. The van der Waals surface area contributed by atoms with E-state index in [0.717, 1.165) is 37.2 Å². The summed E-state index contributed by atoms with van der Waals surface area (Å²) in [4.78, 5) is 23.3. The molecule has 1 atom stereocenters. The van der Waals surface area contributed by atoms with Crippen molar-refractivity contribution in [2.75, 3.05) is 17.2 Å². The van der Waals surface area contributed by atoms with Crippen LogP contribution in [0.1, 0.15) is 32.6 Å². The van der Waals surface area contributed by atoms with Crippen LogP contribution in [0.4, 0.5) is 11.4 Å². The van der Waals surface area contributed by atoms with Gasteiger partial charge in [-0.25, -0.2) is 0 Å². The fourth-order valence-corrected chi connectivity index (χ4v) is 2.19. The molecule has 1 aromatic rings. The number of amides is 2. The molecule has 1 fully saturated rings. The van der Waals surface area contributed by atoms with Crippen LogP contribution >= 0.6 is 12.4 Å². The quantitative estimate of drug-likeness (QED) is 0.800. The monoisotopic (exact) mass is 311 g/mol. The average Bonchev–Trinajstić information content (AvgIpc) is 2.50. The van der Waals surface area contributed by atoms with E-state index < -0.39 is 0 Å². The third-order valence-corrected chi connectivity index (χ3v) is 3.38. The molecule has 1 aromatic carbocycles. The Morgan fingerprint density at radius 1 is 1.14 bits per heavy atom. The Kier molecular flexibility index (Phi) is 7.19. The first kappa shape index (κ1) is 17.5. The first-order valence-corrected chi connectivity index (χ1v) is 7.13. The Bertz CT molecular complexity index is 470. The molecular weight excluding hydrogens is 290 g/mol. The molecule has 0 bridgehead atoms. The second-order valence-electron chi connectivity index (χ2n) is 4.97. The molecule has 1 saturated heterocycles. The molecule has 0 aromatic heterocycles. The summed E-state index contributed by atoms with van der Waals surface area (Å²) in [6.45, 7) is 2.71. The van der Waals surface area contributed by atoms with Crippen LogP contribution < -0.4 is 16.0 Å². The van der Waals surface area contributed by atoms with Gasteiger partial charge in [-0.1, -0.05) is 13.3 Å². The van der Waals surface area contributed by atoms with Gasteiger partial charge in [-0.05, 0) is 43.7 Å². The van der Waals surface area contributed by atoms with E-state index in [-0.39, 0.29) is 30.3 Å². The van der Waals surface area contributed by atoms with E-state index in [2.05, 4.69) is 16.0 Å². The molecule has 6 heteroatoms. The topological polar surface area (TPSA) is 70.2 Å². The number of halogens is 1. The van der Waals surface area contributed by atoms with E-state index in [1.165, 1.54) is 0 Å². The minimum Gasteiger partial charge on any atom is -0.326 e. The maximum Gasteiger partial charge on any atom is 0.241 e. The number of rotatable bonds is 4. The third kappa shape index (κ3) is 5.36. The van der Waals surface area contributed by atoms with Crippen molar-refractivity contribution in [1.82, 2.24) is 5.32 Å². The molecule has 3 N–H and O–H groups in total. The summed E-state index contributed by atoms with van der Waals surface area (Å²) in [5.41, 5.74) is 1.49. The van der Waals surface area contributed by atoms with E-state index >= 15 is 0 Å². The maximum absolute atomic E-state index is 12.0. The standard InChI is InChI=1S/C15H21N3O2.ClH/c1-2-14(19)17-11-6-8-12(9-7-11)18-15(20)13-5-3-4-10-16-13;/h6-9,13,16H,2-5,10H2,1H3,(H,17,19)(H,18,20);1H. The van der Waals surface area contributed by atoms with E-state index in [4.69, 9.17) is 0 Å². The second-order valence-corrected chi connectivity index (χ2v) is 4.97. The molecule has 1 aliphatic rings. The lowest BCUT2D eigenvalue weighted by molar-refractivity contribution is -0.118. The summed E-state index contributed by atoms with van der Waals surface area (Å²) in [5.74, 6) is -0.0109. The SMILES string of the molecule is CCC(=O)Nc1ccc(NC(=O)C2CCCCN2)cc1.Cl. The Morgan fingerprint density at radius 3 is 2.29 bits per heavy atom. The molecule has 116 valence electrons. The molecule has 1 unspecified atom stereocenters. The lowest BCUT2D eigenvalue weighted by Gasteiger charge is -2.22. The van der Waals surface area contributed by atoms with Crippen molar-refractivity contribution in [3.63, 3.8) is 0 Å². The van der Waals surface area contributed by atoms with Crippen LogP contribution in [0.15, 0.2) is 24.3 Å². The number of piperidine rings is 1. The Balaban J connectivity index is 0.00000220. The van der Waals surface area contributed by atoms with E-state index in [0.29, 0.717) is 6.42 Å². The summed E-state index contributed by atoms with van der Waals surface area (Å²) >= 11 is 0. The van der Waals surface area contributed by atoms with Gasteiger partial charge >= 0.3 is 0 Å². The summed E-state index contributed by atoms with van der Waals surface area (Å²) < 4.78 is 0. The van der Waals surface area contributed by atoms with Gasteiger partial charge in [0, 0.05) is 17.8 Å². The fourth-order valence-electron chi connectivity index (χ4n) is 2.19. The zero-order valence-electron chi connectivity index (χ0n) is 12.1. The molecule has 0 radical (unpaired) electrons. The van der Waals surface area contributed by atoms with Crippen molar-refractivity contribution in [1.29, 1.82) is 0 Å². The van der Waals surface area contributed by atoms with E-state index in [1.54, 1.807) is 31.2 Å². The van der Waals surface area contributed by atoms with Gasteiger partial charge in [0.1, 0.15) is 0 Å². The molecule has 2 amide bonds. The molecule has 2 rings (SSSR count). The highest BCUT2D eigenvalue weighted by Crippen LogP contribution is 2.15. The van der Waals surface area contributed by atoms with Crippen molar-refractivity contribution in [2.24, 2.45) is 0 Å². The van der Waals surface area contributed by atoms with Crippen molar-refractivity contribution in [3.05, 3.63) is 24.3 Å². The van der Waals surface area contributed by atoms with Gasteiger partial charge in [0.2, 0.25) is 11.8 Å². The van der Waals surface area contributed by atoms with Gasteiger partial charge in [-0.3, -0.25) is 9.59 Å². The smallest absolute Gasteiger partial charge is 0.241 e. The van der Waals surface area contributed by atoms with E-state index in [9.17, 15) is 9.59 Å². The fraction of sp³-hybridized carbons (Fsp3) is 0.467. The zero-order chi connectivity index (χ0) is 14.4. The normalized spacial score (nSPS) is 17.5. The van der Waals surface area contributed by atoms with Crippen LogP contribution in [0.25, 0.3) is 0 Å². The van der Waals surface area contributed by atoms with Crippen LogP contribution in [0.3, 0.4) is 0 Å². The lowest BCUT2D eigenvalue weighted by Crippen LogP contribution is -2.43. The zero-order valence-corrected chi connectivity index (χ0v) is 13.0. The number of anilines is 2. The molecule has 1 aliphatic heterocycles. The average molecular weight is 312 g/mol. The Labute approximate surface area is 131 Å². The van der Waals surface area contributed by atoms with Crippen LogP contribution in [0.2, 0.25) is 0 Å². The highest BCUT2D eigenvalue weighted by Gasteiger charge is 2.20. The minimum absolute atomic E-state index is 0. The van der Waals surface area contributed by atoms with Crippen molar-refractivity contribution in [3.8, 4) is 0 Å². The van der Waals surface area contributed by atoms with E-state index in [1.807, 2.05) is 0 Å². The first-order chi connectivity index (χ1) is 9.69. The minimum atomic E-state index is -0.0942. The van der Waals surface area contributed by atoms with Gasteiger partial charge < -0.3 is 16.0 Å². The Morgan fingerprint density at radius 2 is 1.76 bits per heavy atom. The summed E-state index contributed by atoms with van der Waals surface area (Å²) in [6.07, 6.45) is 3.56.